The standard InChI is InChI=1S/C25H31N3O3S/c29-25(28-17-8-7-13-24(28)26-23-11-5-2-6-12-23)22-14-18-27(19-15-22)32(30,31)20-16-21-9-3-1-4-10-21/h1,3-4,7-10,13,16-17,20,22-23H,2,5-6,11-12,14-15,18-19H2/b20-16+,26-24?. The van der Waals surface area contributed by atoms with Crippen LogP contribution in [0.25, 0.3) is 6.08 Å². The molecule has 170 valence electrons. The highest BCUT2D eigenvalue weighted by Crippen LogP contribution is 2.23. The molecule has 4 rings (SSSR count). The van der Waals surface area contributed by atoms with Gasteiger partial charge in [-0.3, -0.25) is 14.4 Å². The fourth-order valence-corrected chi connectivity index (χ4v) is 5.71. The first-order chi connectivity index (χ1) is 15.5. The lowest BCUT2D eigenvalue weighted by molar-refractivity contribution is 0.0781. The minimum Gasteiger partial charge on any atom is -0.274 e. The summed E-state index contributed by atoms with van der Waals surface area (Å²) in [5.41, 5.74) is 1.56. The molecule has 1 aromatic heterocycles. The maximum atomic E-state index is 13.3. The van der Waals surface area contributed by atoms with Crippen LogP contribution in [0.2, 0.25) is 0 Å². The van der Waals surface area contributed by atoms with E-state index in [1.807, 2.05) is 48.5 Å². The fraction of sp³-hybridized carbons (Fsp3) is 0.440. The van der Waals surface area contributed by atoms with E-state index in [-0.39, 0.29) is 17.9 Å². The van der Waals surface area contributed by atoms with E-state index in [0.29, 0.717) is 31.4 Å². The van der Waals surface area contributed by atoms with Gasteiger partial charge in [-0.15, -0.1) is 0 Å². The third-order valence-electron chi connectivity index (χ3n) is 6.36. The van der Waals surface area contributed by atoms with Crippen LogP contribution in [-0.2, 0) is 10.0 Å². The number of hydrogen-bond donors (Lipinski definition) is 0. The van der Waals surface area contributed by atoms with E-state index in [2.05, 4.69) is 0 Å². The van der Waals surface area contributed by atoms with Crippen LogP contribution in [0.3, 0.4) is 0 Å². The predicted molar refractivity (Wildman–Crippen MR) is 126 cm³/mol. The van der Waals surface area contributed by atoms with E-state index in [9.17, 15) is 13.2 Å². The summed E-state index contributed by atoms with van der Waals surface area (Å²) in [6, 6.07) is 15.3. The van der Waals surface area contributed by atoms with Crippen molar-refractivity contribution >= 4 is 22.0 Å². The van der Waals surface area contributed by atoms with Gasteiger partial charge in [-0.25, -0.2) is 8.42 Å². The molecule has 0 radical (unpaired) electrons. The molecule has 0 atom stereocenters. The quantitative estimate of drug-likeness (QED) is 0.685. The Balaban J connectivity index is 1.42. The second kappa shape index (κ2) is 10.4. The lowest BCUT2D eigenvalue weighted by Crippen LogP contribution is -2.42. The second-order valence-electron chi connectivity index (χ2n) is 8.62. The molecular formula is C25H31N3O3S. The van der Waals surface area contributed by atoms with E-state index >= 15 is 0 Å². The smallest absolute Gasteiger partial charge is 0.236 e. The van der Waals surface area contributed by atoms with Gasteiger partial charge in [-0.05, 0) is 49.5 Å². The van der Waals surface area contributed by atoms with Crippen LogP contribution in [0.1, 0.15) is 55.3 Å². The van der Waals surface area contributed by atoms with Crippen molar-refractivity contribution in [1.29, 1.82) is 0 Å². The van der Waals surface area contributed by atoms with Crippen LogP contribution in [0, 0.1) is 5.92 Å². The Bertz CT molecular complexity index is 1110. The summed E-state index contributed by atoms with van der Waals surface area (Å²) < 4.78 is 28.6. The molecule has 2 aliphatic rings. The van der Waals surface area contributed by atoms with Crippen molar-refractivity contribution in [2.75, 3.05) is 13.1 Å². The molecule has 32 heavy (non-hydrogen) atoms. The SMILES string of the molecule is O=C(C1CCN(S(=O)(=O)/C=C/c2ccccc2)CC1)n1ccccc1=NC1CCCCC1. The molecule has 1 aromatic carbocycles. The molecule has 2 aromatic rings. The van der Waals surface area contributed by atoms with Crippen LogP contribution >= 0.6 is 0 Å². The molecule has 1 aliphatic heterocycles. The Morgan fingerprint density at radius 1 is 0.906 bits per heavy atom. The summed E-state index contributed by atoms with van der Waals surface area (Å²) in [4.78, 5) is 18.1. The highest BCUT2D eigenvalue weighted by atomic mass is 32.2. The third-order valence-corrected chi connectivity index (χ3v) is 7.93. The van der Waals surface area contributed by atoms with Crippen molar-refractivity contribution in [3.05, 3.63) is 71.2 Å². The van der Waals surface area contributed by atoms with Gasteiger partial charge in [0.05, 0.1) is 6.04 Å². The van der Waals surface area contributed by atoms with E-state index in [0.717, 1.165) is 18.4 Å². The zero-order chi connectivity index (χ0) is 22.4. The van der Waals surface area contributed by atoms with Gasteiger partial charge in [0, 0.05) is 30.6 Å². The number of piperidine rings is 1. The number of benzene rings is 1. The van der Waals surface area contributed by atoms with Crippen molar-refractivity contribution in [3.8, 4) is 0 Å². The van der Waals surface area contributed by atoms with Gasteiger partial charge in [0.2, 0.25) is 15.9 Å². The molecule has 7 heteroatoms. The lowest BCUT2D eigenvalue weighted by atomic mass is 9.96. The highest BCUT2D eigenvalue weighted by Gasteiger charge is 2.30. The Labute approximate surface area is 190 Å². The Hall–Kier alpha value is -2.51. The van der Waals surface area contributed by atoms with Crippen LogP contribution in [0.4, 0.5) is 0 Å². The minimum absolute atomic E-state index is 0.0111. The lowest BCUT2D eigenvalue weighted by Gasteiger charge is -2.29. The second-order valence-corrected chi connectivity index (χ2v) is 10.4. The van der Waals surface area contributed by atoms with E-state index in [1.54, 1.807) is 16.8 Å². The van der Waals surface area contributed by atoms with Crippen molar-refractivity contribution in [3.63, 3.8) is 0 Å². The third kappa shape index (κ3) is 5.64. The highest BCUT2D eigenvalue weighted by molar-refractivity contribution is 7.92. The number of aromatic nitrogens is 1. The number of rotatable bonds is 5. The fourth-order valence-electron chi connectivity index (χ4n) is 4.49. The number of carbonyl (C=O) groups excluding carboxylic acids is 1. The topological polar surface area (TPSA) is 71.7 Å². The van der Waals surface area contributed by atoms with Gasteiger partial charge in [0.15, 0.2) is 0 Å². The molecule has 0 amide bonds. The summed E-state index contributed by atoms with van der Waals surface area (Å²) in [6.07, 6.45) is 10.2. The number of sulfonamides is 1. The Morgan fingerprint density at radius 3 is 2.31 bits per heavy atom. The van der Waals surface area contributed by atoms with Crippen LogP contribution < -0.4 is 5.49 Å². The normalized spacial score (nSPS) is 20.1. The minimum atomic E-state index is -3.51. The largest absolute Gasteiger partial charge is 0.274 e. The van der Waals surface area contributed by atoms with Crippen molar-refractivity contribution in [2.45, 2.75) is 51.0 Å². The molecule has 0 unspecified atom stereocenters. The first-order valence-corrected chi connectivity index (χ1v) is 13.0. The summed E-state index contributed by atoms with van der Waals surface area (Å²) in [5, 5.41) is 1.26. The van der Waals surface area contributed by atoms with Crippen molar-refractivity contribution in [1.82, 2.24) is 8.87 Å². The van der Waals surface area contributed by atoms with E-state index in [4.69, 9.17) is 4.99 Å². The molecule has 0 spiro atoms. The number of nitrogens with zero attached hydrogens (tertiary/aromatic N) is 3. The average Bonchev–Trinajstić information content (AvgIpc) is 2.84. The van der Waals surface area contributed by atoms with Crippen LogP contribution in [-0.4, -0.2) is 42.3 Å². The molecule has 1 saturated heterocycles. The number of carbonyl (C=O) groups is 1. The maximum Gasteiger partial charge on any atom is 0.236 e. The summed E-state index contributed by atoms with van der Waals surface area (Å²) >= 11 is 0. The molecule has 6 nitrogen and oxygen atoms in total. The monoisotopic (exact) mass is 453 g/mol. The van der Waals surface area contributed by atoms with Crippen molar-refractivity contribution in [2.24, 2.45) is 10.9 Å². The summed E-state index contributed by atoms with van der Waals surface area (Å²) in [7, 11) is -3.51. The number of pyridine rings is 1. The summed E-state index contributed by atoms with van der Waals surface area (Å²) in [5.74, 6) is -0.190. The molecule has 0 bridgehead atoms. The van der Waals surface area contributed by atoms with Crippen LogP contribution in [0.15, 0.2) is 65.1 Å². The maximum absolute atomic E-state index is 13.3. The van der Waals surface area contributed by atoms with Gasteiger partial charge >= 0.3 is 0 Å². The predicted octanol–water partition coefficient (Wildman–Crippen LogP) is 4.07. The van der Waals surface area contributed by atoms with E-state index < -0.39 is 10.0 Å². The van der Waals surface area contributed by atoms with Gasteiger partial charge in [-0.2, -0.15) is 4.31 Å². The first-order valence-electron chi connectivity index (χ1n) is 11.5. The zero-order valence-corrected chi connectivity index (χ0v) is 19.2. The van der Waals surface area contributed by atoms with Gasteiger partial charge < -0.3 is 0 Å². The van der Waals surface area contributed by atoms with Gasteiger partial charge in [-0.1, -0.05) is 55.7 Å². The summed E-state index contributed by atoms with van der Waals surface area (Å²) in [6.45, 7) is 0.695. The molecule has 1 aliphatic carbocycles. The average molecular weight is 454 g/mol. The van der Waals surface area contributed by atoms with E-state index in [1.165, 1.54) is 29.0 Å². The van der Waals surface area contributed by atoms with Crippen molar-refractivity contribution < 1.29 is 13.2 Å². The number of hydrogen-bond acceptors (Lipinski definition) is 4. The Morgan fingerprint density at radius 2 is 1.59 bits per heavy atom. The zero-order valence-electron chi connectivity index (χ0n) is 18.3. The van der Waals surface area contributed by atoms with Gasteiger partial charge in [0.25, 0.3) is 0 Å². The first kappa shape index (κ1) is 22.7. The molecule has 2 heterocycles. The van der Waals surface area contributed by atoms with Gasteiger partial charge in [0.1, 0.15) is 5.49 Å². The molecule has 2 fully saturated rings. The van der Waals surface area contributed by atoms with Crippen LogP contribution in [0.5, 0.6) is 0 Å². The molecule has 0 N–H and O–H groups in total. The molecular weight excluding hydrogens is 422 g/mol. The Kier molecular flexibility index (Phi) is 7.37. The molecule has 1 saturated carbocycles.